The maximum Gasteiger partial charge on any atom is 0.318 e. The second-order valence-electron chi connectivity index (χ2n) is 11.5. The standard InChI is InChI=1S/C29H38N6O2/c1-34-14-3-5-22(34)19-37-28-32-26-17-29(10-2-4-20-6-7-23(36)16-25(20)29)11-8-24(26)27(33-28)35-15-13-31-21(18-35)9-12-30/h6-7,16,21-22,31,36H,2-5,8-11,13-15,17-19H2,1H3/t21-,22-,29?/m0/s1. The lowest BCUT2D eigenvalue weighted by Crippen LogP contribution is -2.51. The highest BCUT2D eigenvalue weighted by Crippen LogP contribution is 2.48. The van der Waals surface area contributed by atoms with Crippen molar-refractivity contribution in [2.24, 2.45) is 0 Å². The first-order valence-electron chi connectivity index (χ1n) is 14.0. The average molecular weight is 503 g/mol. The predicted octanol–water partition coefficient (Wildman–Crippen LogP) is 3.11. The summed E-state index contributed by atoms with van der Waals surface area (Å²) in [6.07, 6.45) is 8.99. The van der Waals surface area contributed by atoms with Gasteiger partial charge in [0.25, 0.3) is 0 Å². The number of hydrogen-bond donors (Lipinski definition) is 2. The fourth-order valence-electron chi connectivity index (χ4n) is 7.09. The zero-order valence-electron chi connectivity index (χ0n) is 21.9. The topological polar surface area (TPSA) is 97.5 Å². The Morgan fingerprint density at radius 2 is 2.14 bits per heavy atom. The summed E-state index contributed by atoms with van der Waals surface area (Å²) in [5.41, 5.74) is 5.00. The van der Waals surface area contributed by atoms with Gasteiger partial charge in [-0.15, -0.1) is 0 Å². The summed E-state index contributed by atoms with van der Waals surface area (Å²) in [6.45, 7) is 4.18. The lowest BCUT2D eigenvalue weighted by molar-refractivity contribution is 0.186. The van der Waals surface area contributed by atoms with Crippen molar-refractivity contribution in [1.29, 1.82) is 5.26 Å². The molecule has 1 unspecified atom stereocenters. The van der Waals surface area contributed by atoms with E-state index in [0.29, 0.717) is 30.8 Å². The third kappa shape index (κ3) is 4.75. The third-order valence-corrected chi connectivity index (χ3v) is 9.15. The van der Waals surface area contributed by atoms with Crippen molar-refractivity contribution in [2.45, 2.75) is 75.3 Å². The molecule has 8 nitrogen and oxygen atoms in total. The van der Waals surface area contributed by atoms with Gasteiger partial charge in [-0.1, -0.05) is 6.07 Å². The monoisotopic (exact) mass is 502 g/mol. The molecule has 1 spiro atoms. The number of likely N-dealkylation sites (tertiary alicyclic amines) is 1. The molecular weight excluding hydrogens is 464 g/mol. The molecular formula is C29H38N6O2. The molecule has 4 aliphatic rings. The van der Waals surface area contributed by atoms with Gasteiger partial charge in [-0.2, -0.15) is 15.2 Å². The van der Waals surface area contributed by atoms with Crippen molar-refractivity contribution < 1.29 is 9.84 Å². The minimum atomic E-state index is 0.000679. The number of nitrogens with zero attached hydrogens (tertiary/aromatic N) is 5. The van der Waals surface area contributed by atoms with Crippen molar-refractivity contribution in [1.82, 2.24) is 20.2 Å². The summed E-state index contributed by atoms with van der Waals surface area (Å²) in [6, 6.07) is 9.27. The fourth-order valence-corrected chi connectivity index (χ4v) is 7.09. The van der Waals surface area contributed by atoms with Crippen LogP contribution in [0.5, 0.6) is 11.8 Å². The Labute approximate surface area is 219 Å². The first-order chi connectivity index (χ1) is 18.0. The lowest BCUT2D eigenvalue weighted by atomic mass is 9.62. The molecule has 2 N–H and O–H groups in total. The molecule has 3 heterocycles. The SMILES string of the molecule is CN1CCC[C@H]1COc1nc2c(c(N3CCN[C@@H](CC#N)C3)n1)CCC1(CCCc3ccc(O)cc31)C2. The Morgan fingerprint density at radius 1 is 1.22 bits per heavy atom. The van der Waals surface area contributed by atoms with Crippen molar-refractivity contribution in [2.75, 3.05) is 44.7 Å². The van der Waals surface area contributed by atoms with Gasteiger partial charge in [0, 0.05) is 42.7 Å². The summed E-state index contributed by atoms with van der Waals surface area (Å²) in [5.74, 6) is 1.34. The van der Waals surface area contributed by atoms with Crippen LogP contribution in [-0.4, -0.2) is 71.9 Å². The summed E-state index contributed by atoms with van der Waals surface area (Å²) in [5, 5.41) is 23.1. The first kappa shape index (κ1) is 24.4. The second-order valence-corrected chi connectivity index (χ2v) is 11.5. The van der Waals surface area contributed by atoms with Gasteiger partial charge in [0.1, 0.15) is 18.2 Å². The summed E-state index contributed by atoms with van der Waals surface area (Å²) >= 11 is 0. The minimum absolute atomic E-state index is 0.000679. The van der Waals surface area contributed by atoms with E-state index in [-0.39, 0.29) is 11.5 Å². The van der Waals surface area contributed by atoms with E-state index in [1.807, 2.05) is 12.1 Å². The second kappa shape index (κ2) is 10.1. The molecule has 2 aromatic rings. The Balaban J connectivity index is 1.35. The van der Waals surface area contributed by atoms with Crippen LogP contribution in [0.15, 0.2) is 18.2 Å². The smallest absolute Gasteiger partial charge is 0.318 e. The van der Waals surface area contributed by atoms with Crippen LogP contribution in [0, 0.1) is 11.3 Å². The van der Waals surface area contributed by atoms with Crippen LogP contribution < -0.4 is 15.0 Å². The highest BCUT2D eigenvalue weighted by molar-refractivity contribution is 5.54. The molecule has 0 saturated carbocycles. The molecule has 196 valence electrons. The van der Waals surface area contributed by atoms with E-state index in [4.69, 9.17) is 14.7 Å². The van der Waals surface area contributed by atoms with Gasteiger partial charge in [0.05, 0.1) is 18.2 Å². The zero-order valence-corrected chi connectivity index (χ0v) is 21.9. The Morgan fingerprint density at radius 3 is 2.97 bits per heavy atom. The quantitative estimate of drug-likeness (QED) is 0.644. The van der Waals surface area contributed by atoms with Gasteiger partial charge < -0.3 is 25.0 Å². The number of aromatic hydroxyl groups is 1. The molecule has 0 bridgehead atoms. The molecule has 8 heteroatoms. The summed E-state index contributed by atoms with van der Waals surface area (Å²) < 4.78 is 6.30. The number of phenolic OH excluding ortho intramolecular Hbond substituents is 1. The van der Waals surface area contributed by atoms with Gasteiger partial charge in [-0.25, -0.2) is 0 Å². The van der Waals surface area contributed by atoms with Crippen LogP contribution in [0.3, 0.4) is 0 Å². The van der Waals surface area contributed by atoms with Crippen LogP contribution >= 0.6 is 0 Å². The van der Waals surface area contributed by atoms with Gasteiger partial charge in [0.2, 0.25) is 0 Å². The molecule has 2 saturated heterocycles. The maximum atomic E-state index is 10.3. The molecule has 2 aliphatic carbocycles. The number of anilines is 1. The van der Waals surface area contributed by atoms with E-state index in [9.17, 15) is 10.4 Å². The number of fused-ring (bicyclic) bond motifs is 3. The number of ether oxygens (including phenoxy) is 1. The minimum Gasteiger partial charge on any atom is -0.508 e. The number of hydrogen-bond acceptors (Lipinski definition) is 8. The summed E-state index contributed by atoms with van der Waals surface area (Å²) in [4.78, 5) is 14.8. The summed E-state index contributed by atoms with van der Waals surface area (Å²) in [7, 11) is 2.16. The number of nitrogens with one attached hydrogen (secondary N) is 1. The highest BCUT2D eigenvalue weighted by atomic mass is 16.5. The molecule has 1 aromatic heterocycles. The first-order valence-corrected chi connectivity index (χ1v) is 14.0. The number of phenols is 1. The predicted molar refractivity (Wildman–Crippen MR) is 142 cm³/mol. The van der Waals surface area contributed by atoms with Gasteiger partial charge in [0.15, 0.2) is 0 Å². The number of aromatic nitrogens is 2. The number of piperazine rings is 1. The fraction of sp³-hybridized carbons (Fsp3) is 0.621. The molecule has 1 aromatic carbocycles. The number of benzene rings is 1. The van der Waals surface area contributed by atoms with E-state index in [1.165, 1.54) is 23.1 Å². The lowest BCUT2D eigenvalue weighted by Gasteiger charge is -2.43. The molecule has 3 atom stereocenters. The van der Waals surface area contributed by atoms with Crippen LogP contribution in [0.4, 0.5) is 5.82 Å². The van der Waals surface area contributed by atoms with Crippen LogP contribution in [0.2, 0.25) is 0 Å². The van der Waals surface area contributed by atoms with Crippen molar-refractivity contribution in [3.63, 3.8) is 0 Å². The van der Waals surface area contributed by atoms with Crippen LogP contribution in [0.1, 0.15) is 60.9 Å². The van der Waals surface area contributed by atoms with E-state index in [0.717, 1.165) is 82.6 Å². The Hall–Kier alpha value is -2.89. The molecule has 2 aliphatic heterocycles. The highest BCUT2D eigenvalue weighted by Gasteiger charge is 2.42. The van der Waals surface area contributed by atoms with Gasteiger partial charge in [-0.05, 0) is 88.2 Å². The van der Waals surface area contributed by atoms with E-state index < -0.39 is 0 Å². The van der Waals surface area contributed by atoms with Crippen molar-refractivity contribution >= 4 is 5.82 Å². The zero-order chi connectivity index (χ0) is 25.4. The van der Waals surface area contributed by atoms with Crippen molar-refractivity contribution in [3.8, 4) is 17.8 Å². The molecule has 0 radical (unpaired) electrons. The number of rotatable bonds is 5. The van der Waals surface area contributed by atoms with Crippen LogP contribution in [0.25, 0.3) is 0 Å². The van der Waals surface area contributed by atoms with E-state index in [2.05, 4.69) is 34.3 Å². The van der Waals surface area contributed by atoms with E-state index in [1.54, 1.807) is 0 Å². The van der Waals surface area contributed by atoms with Gasteiger partial charge >= 0.3 is 6.01 Å². The largest absolute Gasteiger partial charge is 0.508 e. The number of nitriles is 1. The Kier molecular flexibility index (Phi) is 6.68. The van der Waals surface area contributed by atoms with E-state index >= 15 is 0 Å². The normalized spacial score (nSPS) is 27.5. The molecule has 6 rings (SSSR count). The molecule has 37 heavy (non-hydrogen) atoms. The third-order valence-electron chi connectivity index (χ3n) is 9.15. The molecule has 0 amide bonds. The van der Waals surface area contributed by atoms with Crippen molar-refractivity contribution in [3.05, 3.63) is 40.6 Å². The number of aryl methyl sites for hydroxylation is 1. The average Bonchev–Trinajstić information content (AvgIpc) is 3.32. The molecule has 2 fully saturated rings. The van der Waals surface area contributed by atoms with Gasteiger partial charge in [-0.3, -0.25) is 0 Å². The Bertz CT molecular complexity index is 1200. The maximum absolute atomic E-state index is 10.3. The van der Waals surface area contributed by atoms with Crippen LogP contribution in [-0.2, 0) is 24.7 Å². The number of likely N-dealkylation sites (N-methyl/N-ethyl adjacent to an activating group) is 1.